The lowest BCUT2D eigenvalue weighted by atomic mass is 9.97. The van der Waals surface area contributed by atoms with E-state index in [4.69, 9.17) is 0 Å². The van der Waals surface area contributed by atoms with Crippen LogP contribution in [0.3, 0.4) is 0 Å². The number of amides is 1. The number of nitrogens with one attached hydrogen (secondary N) is 2. The average Bonchev–Trinajstić information content (AvgIpc) is 3.13. The van der Waals surface area contributed by atoms with E-state index in [0.717, 1.165) is 32.5 Å². The Morgan fingerprint density at radius 2 is 2.00 bits per heavy atom. The highest BCUT2D eigenvalue weighted by molar-refractivity contribution is 7.89. The van der Waals surface area contributed by atoms with Gasteiger partial charge in [-0.3, -0.25) is 9.69 Å². The number of benzene rings is 1. The first-order chi connectivity index (χ1) is 13.3. The number of carbonyl (C=O) groups is 1. The predicted molar refractivity (Wildman–Crippen MR) is 113 cm³/mol. The molecule has 8 heteroatoms. The second-order valence-electron chi connectivity index (χ2n) is 7.36. The van der Waals surface area contributed by atoms with Gasteiger partial charge >= 0.3 is 0 Å². The molecular formula is C20H27N3O3S2. The summed E-state index contributed by atoms with van der Waals surface area (Å²) in [6, 6.07) is 7.00. The molecule has 3 rings (SSSR count). The van der Waals surface area contributed by atoms with E-state index in [9.17, 15) is 13.2 Å². The summed E-state index contributed by atoms with van der Waals surface area (Å²) < 4.78 is 28.2. The van der Waals surface area contributed by atoms with Gasteiger partial charge in [0, 0.05) is 25.7 Å². The van der Waals surface area contributed by atoms with Crippen LogP contribution < -0.4 is 10.0 Å². The lowest BCUT2D eigenvalue weighted by Crippen LogP contribution is -2.38. The lowest BCUT2D eigenvalue weighted by Gasteiger charge is -2.31. The van der Waals surface area contributed by atoms with Crippen LogP contribution in [0.15, 0.2) is 39.9 Å². The Bertz CT molecular complexity index is 903. The number of rotatable bonds is 7. The third-order valence-electron chi connectivity index (χ3n) is 5.04. The van der Waals surface area contributed by atoms with Gasteiger partial charge in [0.25, 0.3) is 0 Å². The van der Waals surface area contributed by atoms with Crippen molar-refractivity contribution in [2.45, 2.75) is 38.1 Å². The second-order valence-corrected chi connectivity index (χ2v) is 9.88. The van der Waals surface area contributed by atoms with E-state index in [2.05, 4.69) is 31.8 Å². The minimum Gasteiger partial charge on any atom is -0.326 e. The molecule has 2 N–H and O–H groups in total. The smallest absolute Gasteiger partial charge is 0.240 e. The highest BCUT2D eigenvalue weighted by atomic mass is 32.2. The summed E-state index contributed by atoms with van der Waals surface area (Å²) in [7, 11) is -3.57. The van der Waals surface area contributed by atoms with Gasteiger partial charge in [-0.25, -0.2) is 13.1 Å². The van der Waals surface area contributed by atoms with Crippen LogP contribution in [0, 0.1) is 12.8 Å². The molecule has 1 amide bonds. The molecule has 0 radical (unpaired) electrons. The summed E-state index contributed by atoms with van der Waals surface area (Å²) in [4.78, 5) is 13.8. The second kappa shape index (κ2) is 9.17. The molecule has 0 unspecified atom stereocenters. The highest BCUT2D eigenvalue weighted by Crippen LogP contribution is 2.22. The molecule has 28 heavy (non-hydrogen) atoms. The van der Waals surface area contributed by atoms with Crippen molar-refractivity contribution in [1.82, 2.24) is 9.62 Å². The summed E-state index contributed by atoms with van der Waals surface area (Å²) in [6.45, 7) is 6.58. The molecule has 152 valence electrons. The molecule has 0 spiro atoms. The van der Waals surface area contributed by atoms with Crippen molar-refractivity contribution in [2.75, 3.05) is 25.0 Å². The van der Waals surface area contributed by atoms with Crippen molar-refractivity contribution < 1.29 is 13.2 Å². The summed E-state index contributed by atoms with van der Waals surface area (Å²) in [6.07, 6.45) is 1.99. The Hall–Kier alpha value is -1.74. The van der Waals surface area contributed by atoms with E-state index in [1.54, 1.807) is 36.5 Å². The SMILES string of the molecule is CC(=O)Nc1ccc(S(=O)(=O)NCC2CCN(Cc3ccsc3)CC2)c(C)c1. The predicted octanol–water partition coefficient (Wildman–Crippen LogP) is 3.21. The van der Waals surface area contributed by atoms with Crippen molar-refractivity contribution in [3.63, 3.8) is 0 Å². The first-order valence-corrected chi connectivity index (χ1v) is 11.9. The van der Waals surface area contributed by atoms with Gasteiger partial charge in [0.2, 0.25) is 15.9 Å². The Labute approximate surface area is 171 Å². The van der Waals surface area contributed by atoms with E-state index in [1.807, 2.05) is 0 Å². The van der Waals surface area contributed by atoms with Gasteiger partial charge in [0.15, 0.2) is 0 Å². The maximum Gasteiger partial charge on any atom is 0.240 e. The van der Waals surface area contributed by atoms with Crippen molar-refractivity contribution in [1.29, 1.82) is 0 Å². The molecule has 1 aromatic heterocycles. The van der Waals surface area contributed by atoms with Gasteiger partial charge in [-0.2, -0.15) is 11.3 Å². The van der Waals surface area contributed by atoms with Crippen LogP contribution in [0.25, 0.3) is 0 Å². The van der Waals surface area contributed by atoms with Crippen LogP contribution in [0.5, 0.6) is 0 Å². The first kappa shape index (κ1) is 21.0. The number of nitrogens with zero attached hydrogens (tertiary/aromatic N) is 1. The zero-order chi connectivity index (χ0) is 20.1. The van der Waals surface area contributed by atoms with E-state index >= 15 is 0 Å². The number of hydrogen-bond donors (Lipinski definition) is 2. The first-order valence-electron chi connectivity index (χ1n) is 9.45. The quantitative estimate of drug-likeness (QED) is 0.720. The summed E-state index contributed by atoms with van der Waals surface area (Å²) in [5.41, 5.74) is 2.56. The van der Waals surface area contributed by atoms with Crippen molar-refractivity contribution in [3.8, 4) is 0 Å². The average molecular weight is 422 g/mol. The molecule has 1 fully saturated rings. The molecule has 1 aromatic carbocycles. The molecule has 1 aliphatic heterocycles. The Balaban J connectivity index is 1.52. The van der Waals surface area contributed by atoms with Gasteiger partial charge < -0.3 is 5.32 Å². The molecule has 1 saturated heterocycles. The maximum absolute atomic E-state index is 12.7. The molecule has 1 aliphatic rings. The molecule has 0 atom stereocenters. The van der Waals surface area contributed by atoms with Gasteiger partial charge in [0.05, 0.1) is 4.90 Å². The third-order valence-corrected chi connectivity index (χ3v) is 7.36. The summed E-state index contributed by atoms with van der Waals surface area (Å²) >= 11 is 1.72. The largest absolute Gasteiger partial charge is 0.326 e. The number of piperidine rings is 1. The van der Waals surface area contributed by atoms with E-state index < -0.39 is 10.0 Å². The minimum absolute atomic E-state index is 0.182. The number of likely N-dealkylation sites (tertiary alicyclic amines) is 1. The molecule has 2 heterocycles. The minimum atomic E-state index is -3.57. The van der Waals surface area contributed by atoms with Crippen molar-refractivity contribution in [3.05, 3.63) is 46.2 Å². The number of hydrogen-bond acceptors (Lipinski definition) is 5. The van der Waals surface area contributed by atoms with Crippen LogP contribution in [-0.2, 0) is 21.4 Å². The topological polar surface area (TPSA) is 78.5 Å². The zero-order valence-electron chi connectivity index (χ0n) is 16.3. The highest BCUT2D eigenvalue weighted by Gasteiger charge is 2.23. The Morgan fingerprint density at radius 1 is 1.25 bits per heavy atom. The number of anilines is 1. The molecule has 0 bridgehead atoms. The number of aryl methyl sites for hydroxylation is 1. The molecule has 2 aromatic rings. The third kappa shape index (κ3) is 5.64. The fourth-order valence-electron chi connectivity index (χ4n) is 3.53. The molecule has 6 nitrogen and oxygen atoms in total. The van der Waals surface area contributed by atoms with Crippen molar-refractivity contribution >= 4 is 33.0 Å². The fourth-order valence-corrected chi connectivity index (χ4v) is 5.53. The monoisotopic (exact) mass is 421 g/mol. The van der Waals surface area contributed by atoms with E-state index in [-0.39, 0.29) is 10.8 Å². The summed E-state index contributed by atoms with van der Waals surface area (Å²) in [5, 5.41) is 6.95. The maximum atomic E-state index is 12.7. The van der Waals surface area contributed by atoms with Crippen LogP contribution in [0.1, 0.15) is 30.9 Å². The number of thiophene rings is 1. The van der Waals surface area contributed by atoms with E-state index in [0.29, 0.717) is 23.7 Å². The van der Waals surface area contributed by atoms with E-state index in [1.165, 1.54) is 12.5 Å². The van der Waals surface area contributed by atoms with Crippen molar-refractivity contribution in [2.24, 2.45) is 5.92 Å². The summed E-state index contributed by atoms with van der Waals surface area (Å²) in [5.74, 6) is 0.172. The Morgan fingerprint density at radius 3 is 2.61 bits per heavy atom. The van der Waals surface area contributed by atoms with Gasteiger partial charge in [-0.1, -0.05) is 0 Å². The van der Waals surface area contributed by atoms with Crippen LogP contribution in [0.4, 0.5) is 5.69 Å². The Kier molecular flexibility index (Phi) is 6.87. The van der Waals surface area contributed by atoms with Gasteiger partial charge in [-0.05, 0) is 84.9 Å². The normalized spacial score (nSPS) is 16.2. The zero-order valence-corrected chi connectivity index (χ0v) is 17.9. The van der Waals surface area contributed by atoms with Gasteiger partial charge in [-0.15, -0.1) is 0 Å². The van der Waals surface area contributed by atoms with Gasteiger partial charge in [0.1, 0.15) is 0 Å². The lowest BCUT2D eigenvalue weighted by molar-refractivity contribution is -0.114. The standard InChI is InChI=1S/C20H27N3O3S2/c1-15-11-19(22-16(2)24)3-4-20(15)28(25,26)21-12-17-5-8-23(9-6-17)13-18-7-10-27-14-18/h3-4,7,10-11,14,17,21H,5-6,8-9,12-13H2,1-2H3,(H,22,24). The number of sulfonamides is 1. The van der Waals surface area contributed by atoms with Crippen LogP contribution in [0.2, 0.25) is 0 Å². The fraction of sp³-hybridized carbons (Fsp3) is 0.450. The van der Waals surface area contributed by atoms with Crippen LogP contribution >= 0.6 is 11.3 Å². The van der Waals surface area contributed by atoms with Crippen LogP contribution in [-0.4, -0.2) is 38.9 Å². The molecular weight excluding hydrogens is 394 g/mol. The number of carbonyl (C=O) groups excluding carboxylic acids is 1. The molecule has 0 aliphatic carbocycles. The molecule has 0 saturated carbocycles.